The van der Waals surface area contributed by atoms with E-state index in [0.29, 0.717) is 12.4 Å². The molecule has 14 aromatic rings. The smallest absolute Gasteiger partial charge is 0.161 e. The third-order valence-electron chi connectivity index (χ3n) is 16.9. The number of benzene rings is 11. The zero-order valence-electron chi connectivity index (χ0n) is 47.4. The molecule has 83 heavy (non-hydrogen) atoms. The quantitative estimate of drug-likeness (QED) is 0.135. The molecule has 0 unspecified atom stereocenters. The fourth-order valence-corrected chi connectivity index (χ4v) is 13.2. The van der Waals surface area contributed by atoms with Gasteiger partial charge in [0.1, 0.15) is 35.1 Å². The van der Waals surface area contributed by atoms with Crippen LogP contribution in [0.4, 0.5) is 22.7 Å². The number of nitrogens with zero attached hydrogens (tertiary/aromatic N) is 4. The Kier molecular flexibility index (Phi) is 11.7. The van der Waals surface area contributed by atoms with E-state index in [1.54, 1.807) is 0 Å². The van der Waals surface area contributed by atoms with Crippen LogP contribution in [0.15, 0.2) is 247 Å². The normalized spacial score (nSPS) is 12.6. The van der Waals surface area contributed by atoms with Gasteiger partial charge >= 0.3 is 0 Å². The van der Waals surface area contributed by atoms with Gasteiger partial charge in [0.25, 0.3) is 0 Å². The highest BCUT2D eigenvalue weighted by molar-refractivity contribution is 6.32. The Balaban J connectivity index is 0.907. The number of rotatable bonds is 9. The number of pyridine rings is 1. The molecule has 3 aromatic heterocycles. The Morgan fingerprint density at radius 3 is 1.81 bits per heavy atom. The molecule has 0 aliphatic carbocycles. The second-order valence-electron chi connectivity index (χ2n) is 23.3. The van der Waals surface area contributed by atoms with E-state index in [1.165, 1.54) is 49.7 Å². The third-order valence-corrected chi connectivity index (χ3v) is 16.9. The van der Waals surface area contributed by atoms with Gasteiger partial charge in [-0.05, 0) is 147 Å². The molecule has 0 atom stereocenters. The summed E-state index contributed by atoms with van der Waals surface area (Å²) >= 11 is 0. The highest BCUT2D eigenvalue weighted by Gasteiger charge is 2.33. The summed E-state index contributed by atoms with van der Waals surface area (Å²) in [4.78, 5) is 10.1. The molecule has 0 bridgehead atoms. The van der Waals surface area contributed by atoms with Crippen molar-refractivity contribution in [3.05, 3.63) is 265 Å². The van der Waals surface area contributed by atoms with Crippen LogP contribution in [0.5, 0.6) is 11.5 Å². The summed E-state index contributed by atoms with van der Waals surface area (Å²) in [7, 11) is 0. The first-order chi connectivity index (χ1) is 40.5. The van der Waals surface area contributed by atoms with Gasteiger partial charge in [0.05, 0.1) is 28.0 Å². The van der Waals surface area contributed by atoms with Gasteiger partial charge < -0.3 is 19.0 Å². The van der Waals surface area contributed by atoms with Crippen molar-refractivity contribution in [2.45, 2.75) is 47.0 Å². The number of aromatic nitrogens is 2. The molecule has 0 spiro atoms. The van der Waals surface area contributed by atoms with Crippen LogP contribution < -0.4 is 14.5 Å². The van der Waals surface area contributed by atoms with E-state index in [2.05, 4.69) is 292 Å². The zero-order chi connectivity index (χ0) is 56.1. The molecule has 6 heteroatoms. The van der Waals surface area contributed by atoms with Gasteiger partial charge in [-0.15, -0.1) is 0 Å². The van der Waals surface area contributed by atoms with Crippen molar-refractivity contribution < 1.29 is 9.15 Å². The molecule has 400 valence electrons. The van der Waals surface area contributed by atoms with E-state index in [9.17, 15) is 0 Å². The van der Waals surface area contributed by atoms with Crippen molar-refractivity contribution in [3.63, 3.8) is 0 Å². The second kappa shape index (κ2) is 19.5. The number of fused-ring (bicyclic) bond motifs is 11. The number of hydrogen-bond donors (Lipinski definition) is 0. The largest absolute Gasteiger partial charge is 0.457 e. The average Bonchev–Trinajstić information content (AvgIpc) is 1.81. The summed E-state index contributed by atoms with van der Waals surface area (Å²) in [5.74, 6) is 2.25. The molecule has 4 heterocycles. The van der Waals surface area contributed by atoms with Gasteiger partial charge in [-0.3, -0.25) is 4.57 Å². The van der Waals surface area contributed by atoms with Gasteiger partial charge in [0, 0.05) is 45.9 Å². The average molecular weight is 1070 g/mol. The van der Waals surface area contributed by atoms with Gasteiger partial charge in [0.15, 0.2) is 5.58 Å². The van der Waals surface area contributed by atoms with E-state index >= 15 is 0 Å². The van der Waals surface area contributed by atoms with Crippen molar-refractivity contribution >= 4 is 77.3 Å². The van der Waals surface area contributed by atoms with Crippen molar-refractivity contribution in [1.82, 2.24) is 9.55 Å². The van der Waals surface area contributed by atoms with Crippen molar-refractivity contribution in [3.8, 4) is 61.8 Å². The van der Waals surface area contributed by atoms with Crippen LogP contribution in [0.1, 0.15) is 43.0 Å². The molecular formula is C77H60N4O2. The first-order valence-corrected chi connectivity index (χ1v) is 28.7. The fraction of sp³-hybridized carbons (Fsp3) is 0.104. The zero-order valence-corrected chi connectivity index (χ0v) is 47.4. The number of aryl methyl sites for hydroxylation is 3. The Hall–Kier alpha value is -10.2. The van der Waals surface area contributed by atoms with E-state index < -0.39 is 0 Å². The van der Waals surface area contributed by atoms with Crippen molar-refractivity contribution in [1.29, 1.82) is 0 Å². The first kappa shape index (κ1) is 49.8. The number of para-hydroxylation sites is 3. The second-order valence-corrected chi connectivity index (χ2v) is 23.3. The minimum Gasteiger partial charge on any atom is -0.457 e. The summed E-state index contributed by atoms with van der Waals surface area (Å²) < 4.78 is 16.8. The first-order valence-electron chi connectivity index (χ1n) is 28.7. The molecule has 0 fully saturated rings. The lowest BCUT2D eigenvalue weighted by molar-refractivity contribution is 0.483. The van der Waals surface area contributed by atoms with E-state index in [4.69, 9.17) is 14.1 Å². The Bertz CT molecular complexity index is 4870. The lowest BCUT2D eigenvalue weighted by Gasteiger charge is -2.28. The van der Waals surface area contributed by atoms with Crippen molar-refractivity contribution in [2.75, 3.05) is 16.5 Å². The van der Waals surface area contributed by atoms with E-state index in [-0.39, 0.29) is 5.41 Å². The monoisotopic (exact) mass is 1070 g/mol. The van der Waals surface area contributed by atoms with Crippen molar-refractivity contribution in [2.24, 2.45) is 0 Å². The third kappa shape index (κ3) is 8.43. The summed E-state index contributed by atoms with van der Waals surface area (Å²) in [6.07, 6.45) is 1.94. The molecule has 11 aromatic carbocycles. The van der Waals surface area contributed by atoms with Crippen LogP contribution in [-0.4, -0.2) is 16.2 Å². The SMILES string of the molecule is Cc1cc(C)c(-c2cc(Oc3ccc4c5oc6c7ccccc7c7ccccc7c6c5n(-c5cc(C(C)(C)C)ccn5)c4c3)cc(N3CN(c4c(-c5ccccc5)cccc4-c4cccc(-c5ccccc5)c4)c4ccccc43)c2)c(C)c1. The van der Waals surface area contributed by atoms with Crippen LogP contribution in [0.2, 0.25) is 0 Å². The number of furan rings is 1. The van der Waals surface area contributed by atoms with Gasteiger partial charge in [0.2, 0.25) is 0 Å². The minimum atomic E-state index is -0.110. The fourth-order valence-electron chi connectivity index (χ4n) is 13.2. The Morgan fingerprint density at radius 2 is 1.07 bits per heavy atom. The highest BCUT2D eigenvalue weighted by Crippen LogP contribution is 2.52. The van der Waals surface area contributed by atoms with Crippen LogP contribution in [0.3, 0.4) is 0 Å². The lowest BCUT2D eigenvalue weighted by atomic mass is 9.88. The predicted molar refractivity (Wildman–Crippen MR) is 347 cm³/mol. The molecule has 0 amide bonds. The molecule has 0 saturated carbocycles. The van der Waals surface area contributed by atoms with E-state index in [0.717, 1.165) is 106 Å². The van der Waals surface area contributed by atoms with Gasteiger partial charge in [-0.25, -0.2) is 4.98 Å². The van der Waals surface area contributed by atoms with Crippen LogP contribution in [0.25, 0.3) is 105 Å². The number of hydrogen-bond acceptors (Lipinski definition) is 5. The van der Waals surface area contributed by atoms with Crippen LogP contribution in [0, 0.1) is 20.8 Å². The van der Waals surface area contributed by atoms with Crippen LogP contribution >= 0.6 is 0 Å². The maximum absolute atomic E-state index is 7.31. The molecule has 1 aliphatic rings. The molecule has 15 rings (SSSR count). The number of anilines is 4. The Labute approximate surface area is 483 Å². The lowest BCUT2D eigenvalue weighted by Crippen LogP contribution is -2.25. The van der Waals surface area contributed by atoms with Crippen LogP contribution in [-0.2, 0) is 5.41 Å². The molecule has 6 nitrogen and oxygen atoms in total. The standard InChI is InChI=1S/C77H60N4O2/c1-48-39-49(2)71(50(3)40-48)55-42-57(79-47-80(68-34-18-17-33-67(68)79)73-60(52-23-11-8-12-24-52)31-20-32-61(73)54-26-19-25-53(41-54)51-21-9-7-10-22-51)45-59(43-55)82-58-35-36-66-69(46-58)81(70-44-56(37-38-78-70)77(4,5)6)74-72-64-29-15-13-27-62(64)63-28-14-16-30-65(63)75(72)83-76(66)74/h7-46H,47H2,1-6H3. The maximum atomic E-state index is 7.31. The molecule has 0 N–H and O–H groups in total. The molecule has 0 saturated heterocycles. The molecular weight excluding hydrogens is 1010 g/mol. The Morgan fingerprint density at radius 1 is 0.458 bits per heavy atom. The summed E-state index contributed by atoms with van der Waals surface area (Å²) in [5.41, 5.74) is 22.1. The summed E-state index contributed by atoms with van der Waals surface area (Å²) in [6.45, 7) is 13.9. The topological polar surface area (TPSA) is 46.7 Å². The minimum absolute atomic E-state index is 0.110. The number of ether oxygens (including phenoxy) is 1. The highest BCUT2D eigenvalue weighted by atomic mass is 16.5. The predicted octanol–water partition coefficient (Wildman–Crippen LogP) is 21.2. The maximum Gasteiger partial charge on any atom is 0.161 e. The molecule has 0 radical (unpaired) electrons. The van der Waals surface area contributed by atoms with Gasteiger partial charge in [-0.1, -0.05) is 196 Å². The summed E-state index contributed by atoms with van der Waals surface area (Å²) in [5, 5.41) is 6.62. The van der Waals surface area contributed by atoms with E-state index in [1.807, 2.05) is 6.20 Å². The summed E-state index contributed by atoms with van der Waals surface area (Å²) in [6, 6.07) is 85.4. The van der Waals surface area contributed by atoms with Gasteiger partial charge in [-0.2, -0.15) is 0 Å². The molecule has 1 aliphatic heterocycles.